The Hall–Kier alpha value is -1.27. The monoisotopic (exact) mass is 253 g/mol. The maximum atomic E-state index is 11.4. The van der Waals surface area contributed by atoms with E-state index in [2.05, 4.69) is 14.7 Å². The number of hydrogen-bond donors (Lipinski definition) is 1. The first kappa shape index (κ1) is 11.2. The van der Waals surface area contributed by atoms with Gasteiger partial charge in [0.2, 0.25) is 0 Å². The third-order valence-electron chi connectivity index (χ3n) is 2.10. The topological polar surface area (TPSA) is 54.9 Å². The molecular formula is C10H11N3OS2. The second-order valence-corrected chi connectivity index (χ2v) is 5.06. The summed E-state index contributed by atoms with van der Waals surface area (Å²) in [7, 11) is 0. The van der Waals surface area contributed by atoms with E-state index >= 15 is 0 Å². The molecule has 0 atom stereocenters. The second kappa shape index (κ2) is 4.71. The molecule has 84 valence electrons. The fourth-order valence-electron chi connectivity index (χ4n) is 1.40. The van der Waals surface area contributed by atoms with Crippen molar-refractivity contribution >= 4 is 33.7 Å². The highest BCUT2D eigenvalue weighted by Crippen LogP contribution is 2.25. The third kappa shape index (κ3) is 2.28. The molecule has 0 amide bonds. The second-order valence-electron chi connectivity index (χ2n) is 3.31. The predicted octanol–water partition coefficient (Wildman–Crippen LogP) is 2.72. The lowest BCUT2D eigenvalue weighted by Gasteiger charge is -2.02. The van der Waals surface area contributed by atoms with Crippen molar-refractivity contribution in [1.82, 2.24) is 9.36 Å². The molecule has 0 bridgehead atoms. The van der Waals surface area contributed by atoms with Crippen molar-refractivity contribution in [2.24, 2.45) is 0 Å². The molecule has 6 heteroatoms. The van der Waals surface area contributed by atoms with E-state index in [0.717, 1.165) is 15.7 Å². The van der Waals surface area contributed by atoms with Crippen molar-refractivity contribution in [3.8, 4) is 0 Å². The van der Waals surface area contributed by atoms with E-state index in [4.69, 9.17) is 0 Å². The van der Waals surface area contributed by atoms with Crippen LogP contribution in [0.25, 0.3) is 0 Å². The average Bonchev–Trinajstić information content (AvgIpc) is 2.83. The van der Waals surface area contributed by atoms with Gasteiger partial charge in [0.05, 0.1) is 17.8 Å². The van der Waals surface area contributed by atoms with Crippen LogP contribution in [0, 0.1) is 6.92 Å². The first-order valence-electron chi connectivity index (χ1n) is 4.78. The summed E-state index contributed by atoms with van der Waals surface area (Å²) in [5.41, 5.74) is 1.49. The lowest BCUT2D eigenvalue weighted by Crippen LogP contribution is -2.02. The van der Waals surface area contributed by atoms with Crippen LogP contribution in [0.5, 0.6) is 0 Å². The quantitative estimate of drug-likeness (QED) is 0.851. The van der Waals surface area contributed by atoms with Crippen molar-refractivity contribution in [2.45, 2.75) is 20.4 Å². The van der Waals surface area contributed by atoms with E-state index in [1.165, 1.54) is 11.5 Å². The van der Waals surface area contributed by atoms with Gasteiger partial charge in [-0.1, -0.05) is 0 Å². The Morgan fingerprint density at radius 3 is 3.00 bits per heavy atom. The number of nitrogens with one attached hydrogen (secondary N) is 1. The fraction of sp³-hybridized carbons (Fsp3) is 0.300. The van der Waals surface area contributed by atoms with Crippen LogP contribution in [0.1, 0.15) is 28.0 Å². The Balaban J connectivity index is 2.13. The highest BCUT2D eigenvalue weighted by Gasteiger charge is 2.14. The minimum atomic E-state index is 0.0490. The van der Waals surface area contributed by atoms with E-state index in [9.17, 15) is 4.79 Å². The molecule has 2 rings (SSSR count). The molecule has 0 aliphatic heterocycles. The van der Waals surface area contributed by atoms with Crippen LogP contribution < -0.4 is 5.32 Å². The zero-order valence-electron chi connectivity index (χ0n) is 8.98. The number of carbonyl (C=O) groups excluding carboxylic acids is 1. The molecule has 0 aliphatic carbocycles. The number of carbonyl (C=O) groups is 1. The molecule has 0 aromatic carbocycles. The largest absolute Gasteiger partial charge is 0.369 e. The molecule has 0 saturated heterocycles. The van der Waals surface area contributed by atoms with Crippen molar-refractivity contribution in [3.63, 3.8) is 0 Å². The number of anilines is 1. The van der Waals surface area contributed by atoms with Crippen LogP contribution >= 0.6 is 22.9 Å². The Morgan fingerprint density at radius 1 is 1.56 bits per heavy atom. The van der Waals surface area contributed by atoms with Crippen LogP contribution in [0.15, 0.2) is 11.6 Å². The highest BCUT2D eigenvalue weighted by molar-refractivity contribution is 7.11. The summed E-state index contributed by atoms with van der Waals surface area (Å²) in [6, 6.07) is 0. The fourth-order valence-corrected chi connectivity index (χ4v) is 2.80. The van der Waals surface area contributed by atoms with E-state index in [1.807, 2.05) is 12.3 Å². The van der Waals surface area contributed by atoms with Gasteiger partial charge in [0.25, 0.3) is 0 Å². The van der Waals surface area contributed by atoms with Gasteiger partial charge in [0.1, 0.15) is 10.0 Å². The van der Waals surface area contributed by atoms with E-state index in [0.29, 0.717) is 12.1 Å². The molecule has 16 heavy (non-hydrogen) atoms. The minimum Gasteiger partial charge on any atom is -0.369 e. The molecular weight excluding hydrogens is 242 g/mol. The summed E-state index contributed by atoms with van der Waals surface area (Å²) in [6.45, 7) is 4.05. The molecule has 2 aromatic rings. The normalized spacial score (nSPS) is 10.4. The molecule has 0 radical (unpaired) electrons. The first-order chi connectivity index (χ1) is 7.68. The number of ketones is 1. The smallest absolute Gasteiger partial charge is 0.164 e. The number of rotatable bonds is 4. The summed E-state index contributed by atoms with van der Waals surface area (Å²) in [6.07, 6.45) is 1.77. The molecule has 4 nitrogen and oxygen atoms in total. The van der Waals surface area contributed by atoms with E-state index < -0.39 is 0 Å². The Bertz CT molecular complexity index is 490. The van der Waals surface area contributed by atoms with Gasteiger partial charge in [0.15, 0.2) is 5.78 Å². The number of thiazole rings is 1. The van der Waals surface area contributed by atoms with Gasteiger partial charge in [-0.2, -0.15) is 4.37 Å². The Labute approximate surface area is 102 Å². The van der Waals surface area contributed by atoms with Gasteiger partial charge in [-0.25, -0.2) is 4.98 Å². The van der Waals surface area contributed by atoms with Gasteiger partial charge in [-0.3, -0.25) is 4.79 Å². The predicted molar refractivity (Wildman–Crippen MR) is 66.3 cm³/mol. The van der Waals surface area contributed by atoms with Crippen molar-refractivity contribution in [3.05, 3.63) is 27.8 Å². The number of Topliss-reactive ketones (excluding diaryl/α,β-unsaturated/α-hetero) is 1. The molecule has 0 aliphatic rings. The van der Waals surface area contributed by atoms with Gasteiger partial charge < -0.3 is 5.32 Å². The van der Waals surface area contributed by atoms with Gasteiger partial charge in [-0.05, 0) is 25.4 Å². The maximum absolute atomic E-state index is 11.4. The van der Waals surface area contributed by atoms with Crippen LogP contribution in [-0.4, -0.2) is 15.1 Å². The molecule has 1 N–H and O–H groups in total. The number of aromatic nitrogens is 2. The Kier molecular flexibility index (Phi) is 3.31. The SMILES string of the molecule is CC(=O)c1c(C)nsc1NCc1nccs1. The number of hydrogen-bond acceptors (Lipinski definition) is 6. The lowest BCUT2D eigenvalue weighted by molar-refractivity contribution is 0.101. The molecule has 0 fully saturated rings. The third-order valence-corrected chi connectivity index (χ3v) is 3.77. The average molecular weight is 253 g/mol. The number of aryl methyl sites for hydroxylation is 1. The van der Waals surface area contributed by atoms with Crippen molar-refractivity contribution in [2.75, 3.05) is 5.32 Å². The molecule has 0 unspecified atom stereocenters. The Morgan fingerprint density at radius 2 is 2.38 bits per heavy atom. The van der Waals surface area contributed by atoms with Crippen LogP contribution in [0.4, 0.5) is 5.00 Å². The highest BCUT2D eigenvalue weighted by atomic mass is 32.1. The van der Waals surface area contributed by atoms with Crippen molar-refractivity contribution in [1.29, 1.82) is 0 Å². The maximum Gasteiger partial charge on any atom is 0.164 e. The summed E-state index contributed by atoms with van der Waals surface area (Å²) in [5.74, 6) is 0.0490. The van der Waals surface area contributed by atoms with E-state index in [-0.39, 0.29) is 5.78 Å². The first-order valence-corrected chi connectivity index (χ1v) is 6.43. The summed E-state index contributed by atoms with van der Waals surface area (Å²) >= 11 is 2.91. The van der Waals surface area contributed by atoms with Gasteiger partial charge in [-0.15, -0.1) is 11.3 Å². The zero-order valence-corrected chi connectivity index (χ0v) is 10.6. The van der Waals surface area contributed by atoms with Gasteiger partial charge in [0, 0.05) is 11.6 Å². The van der Waals surface area contributed by atoms with Crippen molar-refractivity contribution < 1.29 is 4.79 Å². The molecule has 0 spiro atoms. The van der Waals surface area contributed by atoms with Gasteiger partial charge >= 0.3 is 0 Å². The number of nitrogens with zero attached hydrogens (tertiary/aromatic N) is 2. The minimum absolute atomic E-state index is 0.0490. The zero-order chi connectivity index (χ0) is 11.5. The van der Waals surface area contributed by atoms with E-state index in [1.54, 1.807) is 24.5 Å². The van der Waals surface area contributed by atoms with Crippen LogP contribution in [0.3, 0.4) is 0 Å². The summed E-state index contributed by atoms with van der Waals surface area (Å²) < 4.78 is 4.18. The van der Waals surface area contributed by atoms with Crippen LogP contribution in [-0.2, 0) is 6.54 Å². The molecule has 2 heterocycles. The standard InChI is InChI=1S/C10H11N3OS2/c1-6-9(7(2)14)10(16-13-6)12-5-8-11-3-4-15-8/h3-4,12H,5H2,1-2H3. The summed E-state index contributed by atoms with van der Waals surface area (Å²) in [4.78, 5) is 15.6. The molecule has 2 aromatic heterocycles. The lowest BCUT2D eigenvalue weighted by atomic mass is 10.2. The van der Waals surface area contributed by atoms with Crippen LogP contribution in [0.2, 0.25) is 0 Å². The summed E-state index contributed by atoms with van der Waals surface area (Å²) in [5, 5.41) is 6.97. The molecule has 0 saturated carbocycles.